The van der Waals surface area contributed by atoms with Gasteiger partial charge in [-0.05, 0) is 42.7 Å². The topological polar surface area (TPSA) is 81.3 Å². The van der Waals surface area contributed by atoms with Crippen LogP contribution in [0.15, 0.2) is 52.2 Å². The highest BCUT2D eigenvalue weighted by Crippen LogP contribution is 2.33. The van der Waals surface area contributed by atoms with Crippen molar-refractivity contribution in [1.29, 1.82) is 0 Å². The van der Waals surface area contributed by atoms with E-state index in [1.165, 1.54) is 5.01 Å². The van der Waals surface area contributed by atoms with Gasteiger partial charge in [0.05, 0.1) is 12.0 Å². The van der Waals surface area contributed by atoms with E-state index in [1.807, 2.05) is 12.1 Å². The normalized spacial score (nSPS) is 21.6. The third-order valence-corrected chi connectivity index (χ3v) is 5.00. The summed E-state index contributed by atoms with van der Waals surface area (Å²) < 4.78 is 15.9. The van der Waals surface area contributed by atoms with Gasteiger partial charge in [0, 0.05) is 18.1 Å². The Morgan fingerprint density at radius 3 is 2.75 bits per heavy atom. The van der Waals surface area contributed by atoms with E-state index >= 15 is 0 Å². The van der Waals surface area contributed by atoms with Crippen molar-refractivity contribution < 1.29 is 23.5 Å². The van der Waals surface area contributed by atoms with Crippen molar-refractivity contribution in [2.75, 3.05) is 13.2 Å². The molecular weight excluding hydrogens is 384 g/mol. The van der Waals surface area contributed by atoms with Crippen LogP contribution in [0.25, 0.3) is 0 Å². The maximum atomic E-state index is 12.7. The van der Waals surface area contributed by atoms with Crippen molar-refractivity contribution in [1.82, 2.24) is 5.01 Å². The van der Waals surface area contributed by atoms with E-state index in [0.717, 1.165) is 17.7 Å². The summed E-state index contributed by atoms with van der Waals surface area (Å²) in [6.07, 6.45) is 2.89. The molecule has 2 aliphatic heterocycles. The van der Waals surface area contributed by atoms with Crippen LogP contribution in [0, 0.1) is 0 Å². The number of benzene rings is 1. The van der Waals surface area contributed by atoms with Crippen LogP contribution in [-0.2, 0) is 19.1 Å². The van der Waals surface area contributed by atoms with Gasteiger partial charge in [0.2, 0.25) is 0 Å². The molecule has 0 spiro atoms. The molecule has 0 unspecified atom stereocenters. The van der Waals surface area contributed by atoms with Gasteiger partial charge in [0.25, 0.3) is 5.91 Å². The number of hydrogen-bond acceptors (Lipinski definition) is 6. The third-order valence-electron chi connectivity index (χ3n) is 4.75. The van der Waals surface area contributed by atoms with E-state index in [-0.39, 0.29) is 0 Å². The van der Waals surface area contributed by atoms with Crippen molar-refractivity contribution in [3.05, 3.63) is 59.0 Å². The molecule has 0 N–H and O–H groups in total. The van der Waals surface area contributed by atoms with Gasteiger partial charge in [0.15, 0.2) is 12.7 Å². The zero-order chi connectivity index (χ0) is 19.5. The van der Waals surface area contributed by atoms with Gasteiger partial charge in [-0.25, -0.2) is 9.80 Å². The van der Waals surface area contributed by atoms with Crippen LogP contribution in [0.5, 0.6) is 0 Å². The fourth-order valence-corrected chi connectivity index (χ4v) is 3.44. The number of carbonyl (C=O) groups excluding carboxylic acids is 2. The van der Waals surface area contributed by atoms with E-state index in [4.69, 9.17) is 25.5 Å². The molecule has 1 saturated heterocycles. The largest absolute Gasteiger partial charge is 0.467 e. The maximum absolute atomic E-state index is 12.7. The number of halogens is 1. The van der Waals surface area contributed by atoms with Crippen molar-refractivity contribution >= 4 is 29.2 Å². The van der Waals surface area contributed by atoms with Crippen molar-refractivity contribution in [2.24, 2.45) is 5.10 Å². The summed E-state index contributed by atoms with van der Waals surface area (Å²) in [6, 6.07) is 10.4. The van der Waals surface area contributed by atoms with E-state index < -0.39 is 30.6 Å². The minimum atomic E-state index is -0.583. The Labute approximate surface area is 166 Å². The monoisotopic (exact) mass is 402 g/mol. The molecule has 1 fully saturated rings. The second-order valence-corrected chi connectivity index (χ2v) is 7.07. The molecule has 0 saturated carbocycles. The van der Waals surface area contributed by atoms with Crippen molar-refractivity contribution in [3.63, 3.8) is 0 Å². The van der Waals surface area contributed by atoms with Crippen LogP contribution < -0.4 is 0 Å². The number of nitrogens with zero attached hydrogens (tertiary/aromatic N) is 2. The van der Waals surface area contributed by atoms with E-state index in [9.17, 15) is 9.59 Å². The molecule has 1 amide bonds. The van der Waals surface area contributed by atoms with Gasteiger partial charge in [-0.1, -0.05) is 23.7 Å². The van der Waals surface area contributed by atoms with Crippen LogP contribution >= 0.6 is 11.6 Å². The quantitative estimate of drug-likeness (QED) is 0.716. The Morgan fingerprint density at radius 2 is 2.07 bits per heavy atom. The lowest BCUT2D eigenvalue weighted by Gasteiger charge is -2.20. The summed E-state index contributed by atoms with van der Waals surface area (Å²) in [6.45, 7) is 0.141. The number of hydrogen-bond donors (Lipinski definition) is 0. The molecule has 146 valence electrons. The van der Waals surface area contributed by atoms with Crippen molar-refractivity contribution in [2.45, 2.75) is 31.4 Å². The molecule has 0 bridgehead atoms. The van der Waals surface area contributed by atoms with Gasteiger partial charge in [-0.2, -0.15) is 5.10 Å². The van der Waals surface area contributed by atoms with Crippen LogP contribution in [-0.4, -0.2) is 41.9 Å². The second kappa shape index (κ2) is 8.16. The fourth-order valence-electron chi connectivity index (χ4n) is 3.32. The predicted octanol–water partition coefficient (Wildman–Crippen LogP) is 3.33. The van der Waals surface area contributed by atoms with Crippen LogP contribution in [0.2, 0.25) is 5.02 Å². The third kappa shape index (κ3) is 3.95. The number of ether oxygens (including phenoxy) is 2. The maximum Gasteiger partial charge on any atom is 0.335 e. The molecule has 0 radical (unpaired) electrons. The second-order valence-electron chi connectivity index (χ2n) is 6.64. The average molecular weight is 403 g/mol. The lowest BCUT2D eigenvalue weighted by atomic mass is 10.0. The van der Waals surface area contributed by atoms with Gasteiger partial charge in [0.1, 0.15) is 11.8 Å². The highest BCUT2D eigenvalue weighted by Gasteiger charge is 2.35. The molecule has 2 aliphatic rings. The van der Waals surface area contributed by atoms with Gasteiger partial charge in [-0.15, -0.1) is 0 Å². The first-order valence-corrected chi connectivity index (χ1v) is 9.47. The summed E-state index contributed by atoms with van der Waals surface area (Å²) in [5.74, 6) is -0.315. The molecule has 2 aromatic rings. The minimum absolute atomic E-state index is 0.394. The summed E-state index contributed by atoms with van der Waals surface area (Å²) in [7, 11) is 0. The molecular formula is C20H19ClN2O5. The average Bonchev–Trinajstić information content (AvgIpc) is 3.47. The van der Waals surface area contributed by atoms with E-state index in [1.54, 1.807) is 30.5 Å². The molecule has 1 aromatic carbocycles. The lowest BCUT2D eigenvalue weighted by molar-refractivity contribution is -0.160. The first-order chi connectivity index (χ1) is 13.6. The Morgan fingerprint density at radius 1 is 1.25 bits per heavy atom. The summed E-state index contributed by atoms with van der Waals surface area (Å²) in [4.78, 5) is 24.7. The van der Waals surface area contributed by atoms with Crippen LogP contribution in [0.1, 0.15) is 36.6 Å². The first kappa shape index (κ1) is 18.7. The smallest absolute Gasteiger partial charge is 0.335 e. The lowest BCUT2D eigenvalue weighted by Crippen LogP contribution is -2.33. The number of carbonyl (C=O) groups is 2. The Hall–Kier alpha value is -2.64. The molecule has 8 heteroatoms. The molecule has 3 heterocycles. The Bertz CT molecular complexity index is 873. The molecule has 7 nitrogen and oxygen atoms in total. The number of hydrazone groups is 1. The Balaban J connectivity index is 1.49. The predicted molar refractivity (Wildman–Crippen MR) is 101 cm³/mol. The number of esters is 1. The van der Waals surface area contributed by atoms with E-state index in [2.05, 4.69) is 5.10 Å². The minimum Gasteiger partial charge on any atom is -0.467 e. The highest BCUT2D eigenvalue weighted by molar-refractivity contribution is 6.30. The summed E-state index contributed by atoms with van der Waals surface area (Å²) in [5.41, 5.74) is 1.60. The molecule has 4 rings (SSSR count). The standard InChI is InChI=1S/C20H19ClN2O5/c21-14-7-5-13(6-8-14)15-11-16(17-3-1-9-26-17)23(22-15)19(24)12-28-20(25)18-4-2-10-27-18/h1,3,5-9,16,18H,2,4,10-12H2/t16-,18+/m0/s1. The first-order valence-electron chi connectivity index (χ1n) is 9.09. The SMILES string of the molecule is O=C(OCC(=O)N1N=C(c2ccc(Cl)cc2)C[C@H]1c1ccco1)[C@H]1CCCO1. The number of amides is 1. The highest BCUT2D eigenvalue weighted by atomic mass is 35.5. The summed E-state index contributed by atoms with van der Waals surface area (Å²) in [5, 5.41) is 6.42. The number of rotatable bonds is 5. The van der Waals surface area contributed by atoms with Crippen LogP contribution in [0.4, 0.5) is 0 Å². The van der Waals surface area contributed by atoms with E-state index in [0.29, 0.717) is 30.2 Å². The molecule has 1 aromatic heterocycles. The van der Waals surface area contributed by atoms with Gasteiger partial charge >= 0.3 is 5.97 Å². The molecule has 28 heavy (non-hydrogen) atoms. The Kier molecular flexibility index (Phi) is 5.45. The summed E-state index contributed by atoms with van der Waals surface area (Å²) >= 11 is 5.95. The van der Waals surface area contributed by atoms with Crippen molar-refractivity contribution in [3.8, 4) is 0 Å². The number of furan rings is 1. The molecule has 2 atom stereocenters. The van der Waals surface area contributed by atoms with Gasteiger partial charge < -0.3 is 13.9 Å². The fraction of sp³-hybridized carbons (Fsp3) is 0.350. The molecule has 0 aliphatic carbocycles. The zero-order valence-corrected chi connectivity index (χ0v) is 15.8. The van der Waals surface area contributed by atoms with Crippen LogP contribution in [0.3, 0.4) is 0 Å². The zero-order valence-electron chi connectivity index (χ0n) is 15.0. The van der Waals surface area contributed by atoms with Gasteiger partial charge in [-0.3, -0.25) is 4.79 Å².